The Hall–Kier alpha value is -2.89. The van der Waals surface area contributed by atoms with Crippen LogP contribution in [0.25, 0.3) is 0 Å². The largest absolute Gasteiger partial charge is 0.460 e. The van der Waals surface area contributed by atoms with Crippen LogP contribution < -0.4 is 0 Å². The Morgan fingerprint density at radius 2 is 1.00 bits per heavy atom. The van der Waals surface area contributed by atoms with Crippen molar-refractivity contribution in [1.82, 2.24) is 0 Å². The van der Waals surface area contributed by atoms with E-state index in [-0.39, 0.29) is 53.3 Å². The van der Waals surface area contributed by atoms with Crippen molar-refractivity contribution in [3.05, 3.63) is 121 Å². The summed E-state index contributed by atoms with van der Waals surface area (Å²) in [5, 5.41) is 8.54. The van der Waals surface area contributed by atoms with E-state index in [9.17, 15) is 9.59 Å². The number of esters is 1. The molecule has 0 aliphatic rings. The molecule has 3 aromatic carbocycles. The fraction of sp³-hybridized carbons (Fsp3) is 0.214. The van der Waals surface area contributed by atoms with Crippen LogP contribution in [0.2, 0.25) is 0 Å². The van der Waals surface area contributed by atoms with Gasteiger partial charge in [0.15, 0.2) is 5.78 Å². The summed E-state index contributed by atoms with van der Waals surface area (Å²) in [5.74, 6) is -0.564. The Bertz CT molecular complexity index is 890. The molecule has 0 heterocycles. The molecule has 0 fully saturated rings. The first kappa shape index (κ1) is 32.1. The molecular weight excluding hydrogens is 616 g/mol. The Morgan fingerprint density at radius 3 is 1.51 bits per heavy atom. The fourth-order valence-corrected chi connectivity index (χ4v) is 2.56. The molecule has 6 nitrogen and oxygen atoms in total. The minimum Gasteiger partial charge on any atom is -0.460 e. The van der Waals surface area contributed by atoms with E-state index in [1.54, 1.807) is 48.5 Å². The maximum absolute atomic E-state index is 12.3. The molecule has 0 bridgehead atoms. The van der Waals surface area contributed by atoms with Crippen molar-refractivity contribution in [3.8, 4) is 0 Å². The molecule has 0 spiro atoms. The van der Waals surface area contributed by atoms with Crippen LogP contribution in [0.5, 0.6) is 0 Å². The zero-order valence-corrected chi connectivity index (χ0v) is 22.6. The topological polar surface area (TPSA) is 82.1 Å². The van der Waals surface area contributed by atoms with Crippen LogP contribution in [0.3, 0.4) is 0 Å². The molecule has 0 saturated carbocycles. The van der Waals surface area contributed by atoms with Crippen molar-refractivity contribution in [2.24, 2.45) is 0 Å². The van der Waals surface area contributed by atoms with E-state index in [4.69, 9.17) is 19.3 Å². The van der Waals surface area contributed by atoms with Gasteiger partial charge in [0.05, 0.1) is 38.6 Å². The minimum atomic E-state index is -0.469. The monoisotopic (exact) mass is 648 g/mol. The molecule has 0 aliphatic heterocycles. The van der Waals surface area contributed by atoms with E-state index in [1.165, 1.54) is 0 Å². The summed E-state index contributed by atoms with van der Waals surface area (Å²) in [6, 6.07) is 27.3. The van der Waals surface area contributed by atoms with Gasteiger partial charge < -0.3 is 19.3 Å². The van der Waals surface area contributed by atoms with E-state index in [2.05, 4.69) is 13.2 Å². The third-order valence-electron chi connectivity index (χ3n) is 4.15. The molecule has 0 atom stereocenters. The van der Waals surface area contributed by atoms with Gasteiger partial charge in [-0.1, -0.05) is 78.9 Å². The average Bonchev–Trinajstić information content (AvgIpc) is 2.92. The molecule has 7 heteroatoms. The number of carbonyl (C=O) groups is 2. The molecular formula is C28H32O6W. The molecule has 0 aliphatic carbocycles. The number of ketones is 1. The predicted octanol–water partition coefficient (Wildman–Crippen LogP) is 4.59. The molecule has 0 radical (unpaired) electrons. The van der Waals surface area contributed by atoms with Gasteiger partial charge in [0.25, 0.3) is 0 Å². The summed E-state index contributed by atoms with van der Waals surface area (Å²) in [6.45, 7) is 7.40. The molecule has 0 amide bonds. The quantitative estimate of drug-likeness (QED) is 0.142. The Labute approximate surface area is 221 Å². The zero-order chi connectivity index (χ0) is 24.9. The van der Waals surface area contributed by atoms with Crippen LogP contribution in [-0.4, -0.2) is 56.5 Å². The molecule has 0 saturated heterocycles. The molecule has 35 heavy (non-hydrogen) atoms. The normalized spacial score (nSPS) is 9.29. The molecule has 3 rings (SSSR count). The van der Waals surface area contributed by atoms with Gasteiger partial charge in [-0.15, -0.1) is 13.2 Å². The molecule has 186 valence electrons. The van der Waals surface area contributed by atoms with Crippen LogP contribution in [0, 0.1) is 0 Å². The fourth-order valence-electron chi connectivity index (χ4n) is 2.56. The predicted molar refractivity (Wildman–Crippen MR) is 133 cm³/mol. The first-order valence-electron chi connectivity index (χ1n) is 10.9. The Kier molecular flexibility index (Phi) is 19.8. The van der Waals surface area contributed by atoms with E-state index < -0.39 is 5.97 Å². The number of benzene rings is 3. The molecule has 1 N–H and O–H groups in total. The second kappa shape index (κ2) is 21.6. The second-order valence-corrected chi connectivity index (χ2v) is 6.51. The van der Waals surface area contributed by atoms with Gasteiger partial charge in [-0.3, -0.25) is 4.79 Å². The smallest absolute Gasteiger partial charge is 0.338 e. The maximum Gasteiger partial charge on any atom is 0.338 e. The number of carbonyl (C=O) groups excluding carboxylic acids is 2. The van der Waals surface area contributed by atoms with Gasteiger partial charge >= 0.3 is 5.97 Å². The van der Waals surface area contributed by atoms with Crippen LogP contribution >= 0.6 is 0 Å². The van der Waals surface area contributed by atoms with Crippen molar-refractivity contribution in [2.75, 3.05) is 39.6 Å². The van der Waals surface area contributed by atoms with Gasteiger partial charge in [-0.05, 0) is 12.1 Å². The summed E-state index contributed by atoms with van der Waals surface area (Å²) in [5.41, 5.74) is 1.49. The summed E-state index contributed by atoms with van der Waals surface area (Å²) in [4.78, 5) is 24.3. The SMILES string of the molecule is C=C.O=C(OCCOCCOCCO)c1ccc(C(=O)c2ccccc2)cc1.[W].c1ccccc1. The summed E-state index contributed by atoms with van der Waals surface area (Å²) in [7, 11) is 0. The number of hydrogen-bond donors (Lipinski definition) is 1. The van der Waals surface area contributed by atoms with Gasteiger partial charge in [-0.25, -0.2) is 4.79 Å². The standard InChI is InChI=1S/C20H22O6.C6H6.C2H4.W/c21-10-11-24-12-13-25-14-15-26-20(23)18-8-6-17(7-9-18)19(22)16-4-2-1-3-5-16;1-2-4-6-5-3-1;1-2;/h1-9,21H,10-15H2;1-6H;1-2H2;. The minimum absolute atomic E-state index is 0. The second-order valence-electron chi connectivity index (χ2n) is 6.51. The van der Waals surface area contributed by atoms with Crippen molar-refractivity contribution in [3.63, 3.8) is 0 Å². The average molecular weight is 648 g/mol. The summed E-state index contributed by atoms with van der Waals surface area (Å²) in [6.07, 6.45) is 0. The van der Waals surface area contributed by atoms with Crippen LogP contribution in [0.4, 0.5) is 0 Å². The van der Waals surface area contributed by atoms with Crippen molar-refractivity contribution in [2.45, 2.75) is 0 Å². The van der Waals surface area contributed by atoms with Crippen molar-refractivity contribution in [1.29, 1.82) is 0 Å². The molecule has 3 aromatic rings. The Morgan fingerprint density at radius 1 is 0.600 bits per heavy atom. The van der Waals surface area contributed by atoms with Gasteiger partial charge in [0.2, 0.25) is 0 Å². The molecule has 0 aromatic heterocycles. The van der Waals surface area contributed by atoms with Gasteiger partial charge in [0.1, 0.15) is 6.61 Å². The maximum atomic E-state index is 12.3. The zero-order valence-electron chi connectivity index (χ0n) is 19.7. The van der Waals surface area contributed by atoms with Gasteiger partial charge in [-0.2, -0.15) is 0 Å². The van der Waals surface area contributed by atoms with E-state index in [0.29, 0.717) is 29.9 Å². The number of rotatable bonds is 11. The first-order valence-corrected chi connectivity index (χ1v) is 10.9. The third-order valence-corrected chi connectivity index (χ3v) is 4.15. The van der Waals surface area contributed by atoms with Crippen molar-refractivity contribution >= 4 is 11.8 Å². The Balaban J connectivity index is 0.00000110. The van der Waals surface area contributed by atoms with E-state index >= 15 is 0 Å². The van der Waals surface area contributed by atoms with Crippen LogP contribution in [0.15, 0.2) is 104 Å². The number of aliphatic hydroxyl groups excluding tert-OH is 1. The van der Waals surface area contributed by atoms with E-state index in [1.807, 2.05) is 42.5 Å². The van der Waals surface area contributed by atoms with Crippen LogP contribution in [-0.2, 0) is 35.3 Å². The third kappa shape index (κ3) is 14.2. The van der Waals surface area contributed by atoms with E-state index in [0.717, 1.165) is 0 Å². The number of aliphatic hydroxyl groups is 1. The van der Waals surface area contributed by atoms with Gasteiger partial charge in [0, 0.05) is 32.2 Å². The van der Waals surface area contributed by atoms with Crippen LogP contribution in [0.1, 0.15) is 26.3 Å². The van der Waals surface area contributed by atoms with Crippen molar-refractivity contribution < 1.29 is 50.0 Å². The first-order chi connectivity index (χ1) is 16.7. The number of hydrogen-bond acceptors (Lipinski definition) is 6. The number of ether oxygens (including phenoxy) is 3. The molecule has 0 unspecified atom stereocenters. The summed E-state index contributed by atoms with van der Waals surface area (Å²) >= 11 is 0. The summed E-state index contributed by atoms with van der Waals surface area (Å²) < 4.78 is 15.4.